The van der Waals surface area contributed by atoms with Crippen molar-refractivity contribution in [2.24, 2.45) is 0 Å². The zero-order valence-corrected chi connectivity index (χ0v) is 23.5. The van der Waals surface area contributed by atoms with E-state index < -0.39 is 11.0 Å². The summed E-state index contributed by atoms with van der Waals surface area (Å²) in [6.07, 6.45) is 6.57. The molecular formula is C31H38N4O3S. The summed E-state index contributed by atoms with van der Waals surface area (Å²) >= 11 is 0. The van der Waals surface area contributed by atoms with Crippen LogP contribution in [0.1, 0.15) is 36.9 Å². The van der Waals surface area contributed by atoms with Crippen LogP contribution in [-0.2, 0) is 20.6 Å². The SMILES string of the molecule is CC(c1cccc2ccccc12)N1CCC(N(CC(=O)NCCNC(=O)/C=C/c2ccccc2)S(C)=O)CC1. The summed E-state index contributed by atoms with van der Waals surface area (Å²) in [6.45, 7) is 4.73. The number of carbonyl (C=O) groups is 2. The number of carbonyl (C=O) groups excluding carboxylic acids is 2. The molecule has 2 amide bonds. The number of hydrogen-bond acceptors (Lipinski definition) is 4. The average molecular weight is 547 g/mol. The van der Waals surface area contributed by atoms with Crippen LogP contribution < -0.4 is 10.6 Å². The standard InChI is InChI=1S/C31H38N4O3S/c1-24(28-14-8-12-26-11-6-7-13-29(26)28)34-21-17-27(18-22-34)35(39(2)38)23-31(37)33-20-19-32-30(36)16-15-25-9-4-3-5-10-25/h3-16,24,27H,17-23H2,1-2H3,(H,32,36)(H,33,37)/b16-15+. The minimum absolute atomic E-state index is 0.0779. The summed E-state index contributed by atoms with van der Waals surface area (Å²) in [5, 5.41) is 8.14. The van der Waals surface area contributed by atoms with Gasteiger partial charge in [-0.2, -0.15) is 0 Å². The molecule has 39 heavy (non-hydrogen) atoms. The molecule has 4 rings (SSSR count). The second-order valence-corrected chi connectivity index (χ2v) is 11.2. The third-order valence-corrected chi connectivity index (χ3v) is 8.42. The lowest BCUT2D eigenvalue weighted by Crippen LogP contribution is -2.49. The van der Waals surface area contributed by atoms with Gasteiger partial charge in [-0.1, -0.05) is 72.8 Å². The number of piperidine rings is 1. The van der Waals surface area contributed by atoms with E-state index in [2.05, 4.69) is 64.9 Å². The summed E-state index contributed by atoms with van der Waals surface area (Å²) in [6, 6.07) is 24.9. The fourth-order valence-electron chi connectivity index (χ4n) is 5.18. The maximum absolute atomic E-state index is 12.6. The molecule has 0 aromatic heterocycles. The highest BCUT2D eigenvalue weighted by Crippen LogP contribution is 2.31. The van der Waals surface area contributed by atoms with Crippen LogP contribution in [0.25, 0.3) is 16.8 Å². The van der Waals surface area contributed by atoms with Crippen LogP contribution in [0, 0.1) is 0 Å². The molecule has 8 heteroatoms. The van der Waals surface area contributed by atoms with E-state index in [4.69, 9.17) is 0 Å². The Balaban J connectivity index is 1.22. The van der Waals surface area contributed by atoms with E-state index in [1.807, 2.05) is 30.3 Å². The van der Waals surface area contributed by atoms with Crippen molar-refractivity contribution < 1.29 is 13.8 Å². The molecule has 3 aromatic rings. The smallest absolute Gasteiger partial charge is 0.244 e. The van der Waals surface area contributed by atoms with Gasteiger partial charge in [-0.05, 0) is 47.7 Å². The number of nitrogens with zero attached hydrogens (tertiary/aromatic N) is 2. The van der Waals surface area contributed by atoms with Crippen molar-refractivity contribution >= 4 is 39.6 Å². The fourth-order valence-corrected chi connectivity index (χ4v) is 6.11. The highest BCUT2D eigenvalue weighted by molar-refractivity contribution is 7.81. The minimum atomic E-state index is -1.26. The predicted octanol–water partition coefficient (Wildman–Crippen LogP) is 3.91. The van der Waals surface area contributed by atoms with Crippen molar-refractivity contribution in [1.82, 2.24) is 19.8 Å². The van der Waals surface area contributed by atoms with E-state index in [1.54, 1.807) is 16.6 Å². The number of rotatable bonds is 11. The van der Waals surface area contributed by atoms with Crippen LogP contribution in [0.3, 0.4) is 0 Å². The largest absolute Gasteiger partial charge is 0.353 e. The van der Waals surface area contributed by atoms with Crippen molar-refractivity contribution in [3.63, 3.8) is 0 Å². The lowest BCUT2D eigenvalue weighted by Gasteiger charge is -2.39. The lowest BCUT2D eigenvalue weighted by molar-refractivity contribution is -0.122. The van der Waals surface area contributed by atoms with Gasteiger partial charge in [-0.3, -0.25) is 14.5 Å². The Kier molecular flexibility index (Phi) is 10.4. The summed E-state index contributed by atoms with van der Waals surface area (Å²) in [4.78, 5) is 27.1. The van der Waals surface area contributed by atoms with Gasteiger partial charge in [0.2, 0.25) is 11.8 Å². The Hall–Kier alpha value is -3.33. The summed E-state index contributed by atoms with van der Waals surface area (Å²) in [7, 11) is -1.26. The maximum Gasteiger partial charge on any atom is 0.244 e. The normalized spacial score (nSPS) is 16.4. The molecule has 3 aromatic carbocycles. The second kappa shape index (κ2) is 14.2. The van der Waals surface area contributed by atoms with Crippen LogP contribution in [0.4, 0.5) is 0 Å². The van der Waals surface area contributed by atoms with Gasteiger partial charge in [-0.15, -0.1) is 0 Å². The van der Waals surface area contributed by atoms with E-state index in [0.717, 1.165) is 31.5 Å². The molecule has 1 aliphatic heterocycles. The number of hydrogen-bond donors (Lipinski definition) is 2. The quantitative estimate of drug-likeness (QED) is 0.282. The predicted molar refractivity (Wildman–Crippen MR) is 159 cm³/mol. The van der Waals surface area contributed by atoms with Crippen LogP contribution in [0.5, 0.6) is 0 Å². The van der Waals surface area contributed by atoms with E-state index in [-0.39, 0.29) is 30.4 Å². The summed E-state index contributed by atoms with van der Waals surface area (Å²) in [5.41, 5.74) is 2.27. The molecule has 206 valence electrons. The van der Waals surface area contributed by atoms with Gasteiger partial charge in [0.05, 0.1) is 17.5 Å². The Bertz CT molecular complexity index is 1300. The third-order valence-electron chi connectivity index (χ3n) is 7.33. The molecule has 2 atom stereocenters. The fraction of sp³-hybridized carbons (Fsp3) is 0.355. The Morgan fingerprint density at radius 1 is 0.974 bits per heavy atom. The van der Waals surface area contributed by atoms with Gasteiger partial charge in [0.25, 0.3) is 0 Å². The molecule has 2 unspecified atom stereocenters. The molecule has 1 heterocycles. The molecule has 1 saturated heterocycles. The lowest BCUT2D eigenvalue weighted by atomic mass is 9.96. The summed E-state index contributed by atoms with van der Waals surface area (Å²) < 4.78 is 14.4. The van der Waals surface area contributed by atoms with E-state index in [0.29, 0.717) is 13.1 Å². The zero-order valence-electron chi connectivity index (χ0n) is 22.7. The molecule has 0 aliphatic carbocycles. The minimum Gasteiger partial charge on any atom is -0.353 e. The van der Waals surface area contributed by atoms with Gasteiger partial charge in [0.1, 0.15) is 0 Å². The molecule has 0 bridgehead atoms. The van der Waals surface area contributed by atoms with Gasteiger partial charge in [0, 0.05) is 50.6 Å². The van der Waals surface area contributed by atoms with Crippen molar-refractivity contribution in [2.75, 3.05) is 39.0 Å². The highest BCUT2D eigenvalue weighted by atomic mass is 32.2. The second-order valence-electron chi connectivity index (χ2n) is 9.90. The van der Waals surface area contributed by atoms with Crippen molar-refractivity contribution in [2.45, 2.75) is 31.8 Å². The van der Waals surface area contributed by atoms with Gasteiger partial charge >= 0.3 is 0 Å². The Labute approximate surface area is 233 Å². The van der Waals surface area contributed by atoms with Crippen molar-refractivity contribution in [3.05, 3.63) is 90.0 Å². The average Bonchev–Trinajstić information content (AvgIpc) is 2.97. The van der Waals surface area contributed by atoms with Crippen LogP contribution in [-0.4, -0.2) is 70.2 Å². The first kappa shape index (κ1) is 28.7. The van der Waals surface area contributed by atoms with Crippen LogP contribution in [0.2, 0.25) is 0 Å². The van der Waals surface area contributed by atoms with E-state index in [9.17, 15) is 13.8 Å². The van der Waals surface area contributed by atoms with E-state index >= 15 is 0 Å². The highest BCUT2D eigenvalue weighted by Gasteiger charge is 2.30. The van der Waals surface area contributed by atoms with Gasteiger partial charge in [0.15, 0.2) is 0 Å². The maximum atomic E-state index is 12.6. The van der Waals surface area contributed by atoms with Crippen LogP contribution >= 0.6 is 0 Å². The Morgan fingerprint density at radius 3 is 2.38 bits per heavy atom. The number of benzene rings is 3. The molecule has 0 saturated carbocycles. The molecule has 7 nitrogen and oxygen atoms in total. The number of likely N-dealkylation sites (tertiary alicyclic amines) is 1. The monoisotopic (exact) mass is 546 g/mol. The Morgan fingerprint density at radius 2 is 1.64 bits per heavy atom. The van der Waals surface area contributed by atoms with E-state index in [1.165, 1.54) is 22.4 Å². The molecule has 1 aliphatic rings. The third kappa shape index (κ3) is 8.08. The number of nitrogens with one attached hydrogen (secondary N) is 2. The first-order chi connectivity index (χ1) is 18.9. The molecule has 2 N–H and O–H groups in total. The van der Waals surface area contributed by atoms with Crippen molar-refractivity contribution in [3.8, 4) is 0 Å². The summed E-state index contributed by atoms with van der Waals surface area (Å²) in [5.74, 6) is -0.403. The molecule has 1 fully saturated rings. The first-order valence-electron chi connectivity index (χ1n) is 13.5. The molecule has 0 radical (unpaired) electrons. The zero-order chi connectivity index (χ0) is 27.6. The molecule has 0 spiro atoms. The van der Waals surface area contributed by atoms with Crippen LogP contribution in [0.15, 0.2) is 78.9 Å². The number of fused-ring (bicyclic) bond motifs is 1. The van der Waals surface area contributed by atoms with Crippen molar-refractivity contribution in [1.29, 1.82) is 0 Å². The van der Waals surface area contributed by atoms with Gasteiger partial charge < -0.3 is 10.6 Å². The molecular weight excluding hydrogens is 508 g/mol. The number of amides is 2. The van der Waals surface area contributed by atoms with Gasteiger partial charge in [-0.25, -0.2) is 8.51 Å². The topological polar surface area (TPSA) is 81.8 Å². The first-order valence-corrected chi connectivity index (χ1v) is 15.0.